The topological polar surface area (TPSA) is 59.6 Å². The zero-order chi connectivity index (χ0) is 20.1. The smallest absolute Gasteiger partial charge is 0.223 e. The van der Waals surface area contributed by atoms with E-state index in [4.69, 9.17) is 9.47 Å². The van der Waals surface area contributed by atoms with E-state index in [1.165, 1.54) is 11.1 Å². The predicted octanol–water partition coefficient (Wildman–Crippen LogP) is 3.27. The largest absolute Gasteiger partial charge is 0.493 e. The van der Waals surface area contributed by atoms with E-state index in [-0.39, 0.29) is 17.9 Å². The molecule has 1 saturated heterocycles. The summed E-state index contributed by atoms with van der Waals surface area (Å²) in [6.45, 7) is 5.94. The average molecular weight is 383 g/mol. The maximum absolute atomic E-state index is 12.9. The van der Waals surface area contributed by atoms with Crippen LogP contribution in [-0.4, -0.2) is 33.2 Å². The lowest BCUT2D eigenvalue weighted by atomic mass is 9.87. The highest BCUT2D eigenvalue weighted by molar-refractivity contribution is 5.79. The van der Waals surface area contributed by atoms with E-state index in [0.29, 0.717) is 17.4 Å². The molecule has 2 aromatic rings. The highest BCUT2D eigenvalue weighted by atomic mass is 16.5. The van der Waals surface area contributed by atoms with Gasteiger partial charge in [-0.25, -0.2) is 0 Å². The van der Waals surface area contributed by atoms with Crippen LogP contribution in [0.15, 0.2) is 42.5 Å². The van der Waals surface area contributed by atoms with Crippen LogP contribution in [0.1, 0.15) is 29.7 Å². The number of amides is 1. The number of nitrogens with one attached hydrogen (secondary N) is 2. The van der Waals surface area contributed by atoms with Crippen molar-refractivity contribution in [3.8, 4) is 11.5 Å². The molecule has 2 unspecified atom stereocenters. The zero-order valence-corrected chi connectivity index (χ0v) is 17.1. The van der Waals surface area contributed by atoms with Gasteiger partial charge in [-0.3, -0.25) is 4.79 Å². The molecule has 5 heteroatoms. The highest BCUT2D eigenvalue weighted by Crippen LogP contribution is 2.32. The fourth-order valence-electron chi connectivity index (χ4n) is 3.56. The number of hydrogen-bond acceptors (Lipinski definition) is 4. The van der Waals surface area contributed by atoms with Crippen LogP contribution in [0.25, 0.3) is 0 Å². The quantitative estimate of drug-likeness (QED) is 0.736. The van der Waals surface area contributed by atoms with E-state index in [9.17, 15) is 4.79 Å². The number of carbonyl (C=O) groups excluding carboxylic acids is 1. The van der Waals surface area contributed by atoms with E-state index < -0.39 is 0 Å². The maximum atomic E-state index is 12.9. The molecule has 0 aromatic heterocycles. The van der Waals surface area contributed by atoms with Crippen LogP contribution in [0.3, 0.4) is 0 Å². The third-order valence-electron chi connectivity index (χ3n) is 5.75. The van der Waals surface area contributed by atoms with Gasteiger partial charge in [0.25, 0.3) is 0 Å². The van der Waals surface area contributed by atoms with E-state index >= 15 is 0 Å². The lowest BCUT2D eigenvalue weighted by Crippen LogP contribution is -2.50. The van der Waals surface area contributed by atoms with Crippen molar-refractivity contribution in [3.63, 3.8) is 0 Å². The third-order valence-corrected chi connectivity index (χ3v) is 5.75. The lowest BCUT2D eigenvalue weighted by molar-refractivity contribution is -0.127. The minimum atomic E-state index is -0.135. The summed E-state index contributed by atoms with van der Waals surface area (Å²) >= 11 is 0. The van der Waals surface area contributed by atoms with E-state index in [0.717, 1.165) is 25.1 Å². The van der Waals surface area contributed by atoms with Crippen LogP contribution in [0, 0.1) is 18.8 Å². The lowest BCUT2D eigenvalue weighted by Gasteiger charge is -2.33. The van der Waals surface area contributed by atoms with E-state index in [1.54, 1.807) is 14.2 Å². The molecule has 0 saturated carbocycles. The monoisotopic (exact) mass is 382 g/mol. The van der Waals surface area contributed by atoms with Crippen LogP contribution in [0.2, 0.25) is 0 Å². The Balaban J connectivity index is 1.87. The SMILES string of the molecule is COc1ccc(C(Cc2ccccc2C)NC(=O)C(C)C2CNC2)cc1OC. The fraction of sp³-hybridized carbons (Fsp3) is 0.435. The van der Waals surface area contributed by atoms with Crippen molar-refractivity contribution in [1.29, 1.82) is 0 Å². The Labute approximate surface area is 167 Å². The number of methoxy groups -OCH3 is 2. The molecule has 150 valence electrons. The van der Waals surface area contributed by atoms with Crippen molar-refractivity contribution in [2.24, 2.45) is 11.8 Å². The van der Waals surface area contributed by atoms with E-state index in [1.807, 2.05) is 37.3 Å². The second-order valence-corrected chi connectivity index (χ2v) is 7.51. The molecular formula is C23H30N2O3. The zero-order valence-electron chi connectivity index (χ0n) is 17.1. The summed E-state index contributed by atoms with van der Waals surface area (Å²) in [5.41, 5.74) is 3.45. The fourth-order valence-corrected chi connectivity index (χ4v) is 3.56. The van der Waals surface area contributed by atoms with Gasteiger partial charge in [-0.05, 0) is 61.2 Å². The Morgan fingerprint density at radius 3 is 2.46 bits per heavy atom. The second kappa shape index (κ2) is 9.11. The Hall–Kier alpha value is -2.53. The number of benzene rings is 2. The first kappa shape index (κ1) is 20.2. The first-order valence-corrected chi connectivity index (χ1v) is 9.81. The molecule has 1 aliphatic rings. The summed E-state index contributed by atoms with van der Waals surface area (Å²) in [7, 11) is 3.25. The molecule has 0 spiro atoms. The van der Waals surface area contributed by atoms with Gasteiger partial charge in [-0.1, -0.05) is 37.3 Å². The number of hydrogen-bond donors (Lipinski definition) is 2. The molecule has 1 aliphatic heterocycles. The van der Waals surface area contributed by atoms with Gasteiger partial charge in [-0.2, -0.15) is 0 Å². The van der Waals surface area contributed by atoms with Gasteiger partial charge in [0.15, 0.2) is 11.5 Å². The number of carbonyl (C=O) groups is 1. The van der Waals surface area contributed by atoms with Crippen LogP contribution in [0.5, 0.6) is 11.5 Å². The molecular weight excluding hydrogens is 352 g/mol. The molecule has 0 bridgehead atoms. The third kappa shape index (κ3) is 4.47. The summed E-state index contributed by atoms with van der Waals surface area (Å²) in [4.78, 5) is 12.9. The molecule has 1 fully saturated rings. The summed E-state index contributed by atoms with van der Waals surface area (Å²) in [5.74, 6) is 1.84. The summed E-state index contributed by atoms with van der Waals surface area (Å²) in [6.07, 6.45) is 0.726. The summed E-state index contributed by atoms with van der Waals surface area (Å²) in [6, 6.07) is 14.0. The predicted molar refractivity (Wildman–Crippen MR) is 111 cm³/mol. The molecule has 1 amide bonds. The molecule has 2 N–H and O–H groups in total. The molecule has 0 aliphatic carbocycles. The standard InChI is InChI=1S/C23H30N2O3/c1-15-7-5-6-8-17(15)11-20(25-23(26)16(2)19-13-24-14-19)18-9-10-21(27-3)22(12-18)28-4/h5-10,12,16,19-20,24H,11,13-14H2,1-4H3,(H,25,26). The molecule has 2 aromatic carbocycles. The summed E-state index contributed by atoms with van der Waals surface area (Å²) in [5, 5.41) is 6.53. The van der Waals surface area contributed by atoms with Crippen LogP contribution in [0.4, 0.5) is 0 Å². The van der Waals surface area contributed by atoms with Gasteiger partial charge in [0.2, 0.25) is 5.91 Å². The normalized spacial score (nSPS) is 16.0. The Kier molecular flexibility index (Phi) is 6.57. The molecule has 0 radical (unpaired) electrons. The van der Waals surface area contributed by atoms with Crippen LogP contribution >= 0.6 is 0 Å². The van der Waals surface area contributed by atoms with Gasteiger partial charge in [-0.15, -0.1) is 0 Å². The minimum absolute atomic E-state index is 0.0132. The first-order chi connectivity index (χ1) is 13.5. The highest BCUT2D eigenvalue weighted by Gasteiger charge is 2.30. The number of ether oxygens (including phenoxy) is 2. The van der Waals surface area contributed by atoms with E-state index in [2.05, 4.69) is 29.7 Å². The van der Waals surface area contributed by atoms with Crippen molar-refractivity contribution < 1.29 is 14.3 Å². The van der Waals surface area contributed by atoms with Gasteiger partial charge < -0.3 is 20.1 Å². The van der Waals surface area contributed by atoms with Crippen molar-refractivity contribution in [1.82, 2.24) is 10.6 Å². The number of rotatable bonds is 8. The van der Waals surface area contributed by atoms with Crippen molar-refractivity contribution in [3.05, 3.63) is 59.2 Å². The molecule has 2 atom stereocenters. The van der Waals surface area contributed by atoms with Crippen LogP contribution < -0.4 is 20.1 Å². The van der Waals surface area contributed by atoms with Crippen molar-refractivity contribution in [2.75, 3.05) is 27.3 Å². The Morgan fingerprint density at radius 2 is 1.86 bits per heavy atom. The van der Waals surface area contributed by atoms with Gasteiger partial charge in [0.1, 0.15) is 0 Å². The molecule has 3 rings (SSSR count). The molecule has 28 heavy (non-hydrogen) atoms. The molecule has 5 nitrogen and oxygen atoms in total. The van der Waals surface area contributed by atoms with Crippen molar-refractivity contribution >= 4 is 5.91 Å². The van der Waals surface area contributed by atoms with Crippen molar-refractivity contribution in [2.45, 2.75) is 26.3 Å². The molecule has 1 heterocycles. The van der Waals surface area contributed by atoms with Gasteiger partial charge >= 0.3 is 0 Å². The second-order valence-electron chi connectivity index (χ2n) is 7.51. The average Bonchev–Trinajstić information content (AvgIpc) is 2.67. The Bertz CT molecular complexity index is 817. The van der Waals surface area contributed by atoms with Gasteiger partial charge in [0, 0.05) is 5.92 Å². The van der Waals surface area contributed by atoms with Crippen LogP contribution in [-0.2, 0) is 11.2 Å². The van der Waals surface area contributed by atoms with Gasteiger partial charge in [0.05, 0.1) is 20.3 Å². The maximum Gasteiger partial charge on any atom is 0.223 e. The first-order valence-electron chi connectivity index (χ1n) is 9.81. The minimum Gasteiger partial charge on any atom is -0.493 e. The Morgan fingerprint density at radius 1 is 1.14 bits per heavy atom. The number of aryl methyl sites for hydroxylation is 1. The summed E-state index contributed by atoms with van der Waals surface area (Å²) < 4.78 is 10.8.